The number of fused-ring (bicyclic) bond motifs is 2. The van der Waals surface area contributed by atoms with Gasteiger partial charge in [0, 0.05) is 18.9 Å². The van der Waals surface area contributed by atoms with Gasteiger partial charge in [0.2, 0.25) is 5.76 Å². The first-order chi connectivity index (χ1) is 12.7. The summed E-state index contributed by atoms with van der Waals surface area (Å²) in [6.45, 7) is 4.61. The zero-order valence-corrected chi connectivity index (χ0v) is 14.9. The SMILES string of the molecule is CCCN1C(=O)c2oc3ccc(CC)cc3c(=O)c2C1c1cccnc1. The summed E-state index contributed by atoms with van der Waals surface area (Å²) in [5.74, 6) is -0.0664. The van der Waals surface area contributed by atoms with Gasteiger partial charge in [-0.15, -0.1) is 0 Å². The number of amides is 1. The number of pyridine rings is 1. The molecule has 26 heavy (non-hydrogen) atoms. The summed E-state index contributed by atoms with van der Waals surface area (Å²) < 4.78 is 5.91. The number of hydrogen-bond donors (Lipinski definition) is 0. The summed E-state index contributed by atoms with van der Waals surface area (Å²) in [7, 11) is 0. The number of nitrogens with zero attached hydrogens (tertiary/aromatic N) is 2. The molecule has 3 aromatic rings. The van der Waals surface area contributed by atoms with E-state index in [0.717, 1.165) is 24.0 Å². The molecular formula is C21H20N2O3. The number of hydrogen-bond acceptors (Lipinski definition) is 4. The molecular weight excluding hydrogens is 328 g/mol. The lowest BCUT2D eigenvalue weighted by Crippen LogP contribution is -2.30. The fourth-order valence-corrected chi connectivity index (χ4v) is 3.64. The monoisotopic (exact) mass is 348 g/mol. The summed E-state index contributed by atoms with van der Waals surface area (Å²) in [6, 6.07) is 8.85. The minimum Gasteiger partial charge on any atom is -0.450 e. The van der Waals surface area contributed by atoms with Crippen LogP contribution in [0.5, 0.6) is 0 Å². The second-order valence-corrected chi connectivity index (χ2v) is 6.55. The van der Waals surface area contributed by atoms with Gasteiger partial charge in [-0.25, -0.2) is 0 Å². The van der Waals surface area contributed by atoms with Crippen LogP contribution in [-0.2, 0) is 6.42 Å². The summed E-state index contributed by atoms with van der Waals surface area (Å²) in [5.41, 5.74) is 2.65. The van der Waals surface area contributed by atoms with Crippen LogP contribution in [0, 0.1) is 0 Å². The van der Waals surface area contributed by atoms with E-state index >= 15 is 0 Å². The maximum absolute atomic E-state index is 13.3. The van der Waals surface area contributed by atoms with Crippen LogP contribution in [0.25, 0.3) is 11.0 Å². The highest BCUT2D eigenvalue weighted by atomic mass is 16.3. The third-order valence-corrected chi connectivity index (χ3v) is 4.90. The lowest BCUT2D eigenvalue weighted by atomic mass is 9.99. The minimum atomic E-state index is -0.447. The van der Waals surface area contributed by atoms with Crippen molar-refractivity contribution in [3.8, 4) is 0 Å². The van der Waals surface area contributed by atoms with Gasteiger partial charge in [-0.1, -0.05) is 26.0 Å². The molecule has 0 saturated carbocycles. The van der Waals surface area contributed by atoms with Crippen molar-refractivity contribution >= 4 is 16.9 Å². The second kappa shape index (κ2) is 6.41. The molecule has 132 valence electrons. The Bertz CT molecular complexity index is 1040. The van der Waals surface area contributed by atoms with Crippen LogP contribution < -0.4 is 5.43 Å². The molecule has 0 spiro atoms. The summed E-state index contributed by atoms with van der Waals surface area (Å²) >= 11 is 0. The van der Waals surface area contributed by atoms with E-state index in [9.17, 15) is 9.59 Å². The molecule has 3 heterocycles. The molecule has 1 aromatic carbocycles. The smallest absolute Gasteiger partial charge is 0.290 e. The molecule has 0 bridgehead atoms. The third-order valence-electron chi connectivity index (χ3n) is 4.90. The van der Waals surface area contributed by atoms with Crippen molar-refractivity contribution in [3.63, 3.8) is 0 Å². The van der Waals surface area contributed by atoms with Crippen LogP contribution in [0.2, 0.25) is 0 Å². The van der Waals surface area contributed by atoms with Crippen molar-refractivity contribution in [1.29, 1.82) is 0 Å². The van der Waals surface area contributed by atoms with Crippen molar-refractivity contribution in [3.05, 3.63) is 75.4 Å². The quantitative estimate of drug-likeness (QED) is 0.721. The molecule has 1 amide bonds. The van der Waals surface area contributed by atoms with E-state index in [1.165, 1.54) is 0 Å². The number of aryl methyl sites for hydroxylation is 1. The van der Waals surface area contributed by atoms with E-state index in [1.807, 2.05) is 38.1 Å². The van der Waals surface area contributed by atoms with Crippen LogP contribution in [0.1, 0.15) is 53.6 Å². The first kappa shape index (κ1) is 16.5. The van der Waals surface area contributed by atoms with Crippen molar-refractivity contribution in [1.82, 2.24) is 9.88 Å². The Balaban J connectivity index is 2.01. The average Bonchev–Trinajstić information content (AvgIpc) is 2.95. The standard InChI is InChI=1S/C21H20N2O3/c1-3-10-23-18(14-6-5-9-22-12-14)17-19(24)15-11-13(4-2)7-8-16(15)26-20(17)21(23)25/h5-9,11-12,18H,3-4,10H2,1-2H3. The maximum atomic E-state index is 13.3. The maximum Gasteiger partial charge on any atom is 0.290 e. The van der Waals surface area contributed by atoms with E-state index < -0.39 is 6.04 Å². The Kier molecular flexibility index (Phi) is 4.07. The fourth-order valence-electron chi connectivity index (χ4n) is 3.64. The first-order valence-corrected chi connectivity index (χ1v) is 8.96. The van der Waals surface area contributed by atoms with Gasteiger partial charge in [-0.3, -0.25) is 14.6 Å². The van der Waals surface area contributed by atoms with Gasteiger partial charge in [0.15, 0.2) is 5.43 Å². The third kappa shape index (κ3) is 2.43. The van der Waals surface area contributed by atoms with Crippen LogP contribution >= 0.6 is 0 Å². The van der Waals surface area contributed by atoms with Crippen LogP contribution in [0.4, 0.5) is 0 Å². The van der Waals surface area contributed by atoms with Gasteiger partial charge in [-0.05, 0) is 42.2 Å². The minimum absolute atomic E-state index is 0.127. The van der Waals surface area contributed by atoms with E-state index in [1.54, 1.807) is 23.4 Å². The van der Waals surface area contributed by atoms with Crippen LogP contribution in [0.3, 0.4) is 0 Å². The molecule has 0 saturated heterocycles. The number of rotatable bonds is 4. The lowest BCUT2D eigenvalue weighted by Gasteiger charge is -2.24. The molecule has 0 N–H and O–H groups in total. The normalized spacial score (nSPS) is 16.3. The number of benzene rings is 1. The topological polar surface area (TPSA) is 63.4 Å². The lowest BCUT2D eigenvalue weighted by molar-refractivity contribution is 0.0728. The Morgan fingerprint density at radius 3 is 2.73 bits per heavy atom. The number of aromatic nitrogens is 1. The molecule has 5 nitrogen and oxygen atoms in total. The fraction of sp³-hybridized carbons (Fsp3) is 0.286. The van der Waals surface area contributed by atoms with E-state index in [0.29, 0.717) is 23.1 Å². The Morgan fingerprint density at radius 1 is 1.19 bits per heavy atom. The van der Waals surface area contributed by atoms with E-state index in [4.69, 9.17) is 4.42 Å². The summed E-state index contributed by atoms with van der Waals surface area (Å²) in [6.07, 6.45) is 5.02. The Hall–Kier alpha value is -2.95. The molecule has 0 fully saturated rings. The molecule has 1 unspecified atom stereocenters. The van der Waals surface area contributed by atoms with E-state index in [-0.39, 0.29) is 17.1 Å². The zero-order valence-electron chi connectivity index (χ0n) is 14.9. The van der Waals surface area contributed by atoms with Crippen molar-refractivity contribution in [2.75, 3.05) is 6.54 Å². The van der Waals surface area contributed by atoms with Gasteiger partial charge in [-0.2, -0.15) is 0 Å². The predicted octanol–water partition coefficient (Wildman–Crippen LogP) is 3.71. The first-order valence-electron chi connectivity index (χ1n) is 8.96. The van der Waals surface area contributed by atoms with Gasteiger partial charge in [0.25, 0.3) is 5.91 Å². The van der Waals surface area contributed by atoms with E-state index in [2.05, 4.69) is 4.98 Å². The highest BCUT2D eigenvalue weighted by Crippen LogP contribution is 2.37. The Labute approximate surface area is 151 Å². The molecule has 1 aliphatic heterocycles. The van der Waals surface area contributed by atoms with Gasteiger partial charge in [0.05, 0.1) is 17.0 Å². The predicted molar refractivity (Wildman–Crippen MR) is 99.3 cm³/mol. The average molecular weight is 348 g/mol. The zero-order chi connectivity index (χ0) is 18.3. The molecule has 0 aliphatic carbocycles. The molecule has 0 radical (unpaired) electrons. The van der Waals surface area contributed by atoms with Crippen molar-refractivity contribution in [2.45, 2.75) is 32.7 Å². The van der Waals surface area contributed by atoms with Gasteiger partial charge >= 0.3 is 0 Å². The van der Waals surface area contributed by atoms with Gasteiger partial charge in [0.1, 0.15) is 5.58 Å². The molecule has 2 aromatic heterocycles. The van der Waals surface area contributed by atoms with Gasteiger partial charge < -0.3 is 9.32 Å². The summed E-state index contributed by atoms with van der Waals surface area (Å²) in [4.78, 5) is 32.2. The molecule has 1 aliphatic rings. The van der Waals surface area contributed by atoms with Crippen LogP contribution in [-0.4, -0.2) is 22.3 Å². The molecule has 4 rings (SSSR count). The second-order valence-electron chi connectivity index (χ2n) is 6.55. The number of carbonyl (C=O) groups is 1. The molecule has 1 atom stereocenters. The summed E-state index contributed by atoms with van der Waals surface area (Å²) in [5, 5.41) is 0.531. The highest BCUT2D eigenvalue weighted by Gasteiger charge is 2.42. The van der Waals surface area contributed by atoms with Crippen molar-refractivity contribution in [2.24, 2.45) is 0 Å². The Morgan fingerprint density at radius 2 is 2.04 bits per heavy atom. The van der Waals surface area contributed by atoms with Crippen LogP contribution in [0.15, 0.2) is 51.9 Å². The molecule has 5 heteroatoms. The number of carbonyl (C=O) groups excluding carboxylic acids is 1. The highest BCUT2D eigenvalue weighted by molar-refractivity contribution is 5.99. The largest absolute Gasteiger partial charge is 0.450 e. The van der Waals surface area contributed by atoms with Crippen molar-refractivity contribution < 1.29 is 9.21 Å².